The molecule has 1 unspecified atom stereocenters. The SMILES string of the molecule is CCOC1=CC2=S(S1)SC(c1ccccc1)=C2. The van der Waals surface area contributed by atoms with Gasteiger partial charge in [0, 0.05) is 15.8 Å². The molecule has 0 N–H and O–H groups in total. The second-order valence-corrected chi connectivity index (χ2v) is 9.32. The fraction of sp³-hybridized carbons (Fsp3) is 0.154. The van der Waals surface area contributed by atoms with Crippen molar-refractivity contribution in [1.82, 2.24) is 0 Å². The summed E-state index contributed by atoms with van der Waals surface area (Å²) in [5.74, 6) is 0. The van der Waals surface area contributed by atoms with Gasteiger partial charge in [0.25, 0.3) is 0 Å². The molecule has 1 aromatic rings. The van der Waals surface area contributed by atoms with Crippen molar-refractivity contribution in [2.24, 2.45) is 0 Å². The Morgan fingerprint density at radius 1 is 1.12 bits per heavy atom. The number of hydrogen-bond donors (Lipinski definition) is 0. The highest BCUT2D eigenvalue weighted by Gasteiger charge is 2.23. The molecule has 4 heteroatoms. The Labute approximate surface area is 111 Å². The van der Waals surface area contributed by atoms with Gasteiger partial charge in [-0.3, -0.25) is 0 Å². The van der Waals surface area contributed by atoms with E-state index in [2.05, 4.69) is 42.5 Å². The van der Waals surface area contributed by atoms with Crippen molar-refractivity contribution in [3.05, 3.63) is 53.1 Å². The second-order valence-electron chi connectivity index (χ2n) is 3.57. The van der Waals surface area contributed by atoms with Crippen LogP contribution in [0.25, 0.3) is 4.91 Å². The monoisotopic (exact) mass is 280 g/mol. The van der Waals surface area contributed by atoms with Gasteiger partial charge >= 0.3 is 0 Å². The fourth-order valence-electron chi connectivity index (χ4n) is 1.64. The minimum Gasteiger partial charge on any atom is -0.487 e. The predicted molar refractivity (Wildman–Crippen MR) is 81.9 cm³/mol. The zero-order chi connectivity index (χ0) is 11.7. The molecule has 0 amide bonds. The number of allylic oxidation sites excluding steroid dienone is 2. The third-order valence-electron chi connectivity index (χ3n) is 2.39. The summed E-state index contributed by atoms with van der Waals surface area (Å²) in [7, 11) is 4.00. The molecule has 2 heterocycles. The Morgan fingerprint density at radius 2 is 1.94 bits per heavy atom. The van der Waals surface area contributed by atoms with Crippen LogP contribution in [0.2, 0.25) is 0 Å². The van der Waals surface area contributed by atoms with Crippen LogP contribution >= 0.6 is 30.1 Å². The van der Waals surface area contributed by atoms with Gasteiger partial charge in [0.1, 0.15) is 0 Å². The first-order valence-electron chi connectivity index (χ1n) is 5.46. The number of ether oxygens (including phenoxy) is 1. The highest BCUT2D eigenvalue weighted by Crippen LogP contribution is 2.61. The molecule has 1 atom stereocenters. The fourth-order valence-corrected chi connectivity index (χ4v) is 7.98. The molecule has 2 aliphatic rings. The summed E-state index contributed by atoms with van der Waals surface area (Å²) in [6.07, 6.45) is 4.47. The van der Waals surface area contributed by atoms with Gasteiger partial charge in [-0.05, 0) is 37.9 Å². The maximum Gasteiger partial charge on any atom is 0.165 e. The van der Waals surface area contributed by atoms with Crippen molar-refractivity contribution in [3.63, 3.8) is 0 Å². The van der Waals surface area contributed by atoms with Crippen LogP contribution < -0.4 is 0 Å². The lowest BCUT2D eigenvalue weighted by Gasteiger charge is -2.06. The Balaban J connectivity index is 1.80. The van der Waals surface area contributed by atoms with Crippen LogP contribution in [-0.4, -0.2) is 11.5 Å². The first kappa shape index (κ1) is 11.5. The van der Waals surface area contributed by atoms with Crippen molar-refractivity contribution in [1.29, 1.82) is 0 Å². The molecular weight excluding hydrogens is 268 g/mol. The van der Waals surface area contributed by atoms with Crippen LogP contribution in [0.5, 0.6) is 0 Å². The summed E-state index contributed by atoms with van der Waals surface area (Å²) >= 11 is 0. The Hall–Kier alpha value is -0.580. The molecule has 17 heavy (non-hydrogen) atoms. The maximum absolute atomic E-state index is 5.55. The van der Waals surface area contributed by atoms with Gasteiger partial charge in [0.15, 0.2) is 5.09 Å². The molecule has 1 nitrogen and oxygen atoms in total. The summed E-state index contributed by atoms with van der Waals surface area (Å²) in [6.45, 7) is 2.78. The molecule has 0 fully saturated rings. The molecule has 0 saturated carbocycles. The van der Waals surface area contributed by atoms with E-state index in [0.717, 1.165) is 11.7 Å². The van der Waals surface area contributed by atoms with E-state index in [-0.39, 0.29) is 8.55 Å². The lowest BCUT2D eigenvalue weighted by atomic mass is 10.2. The number of hydrogen-bond acceptors (Lipinski definition) is 3. The zero-order valence-electron chi connectivity index (χ0n) is 9.38. The molecule has 0 radical (unpaired) electrons. The first-order chi connectivity index (χ1) is 8.36. The van der Waals surface area contributed by atoms with Gasteiger partial charge in [-0.1, -0.05) is 41.1 Å². The van der Waals surface area contributed by atoms with Crippen LogP contribution in [0.15, 0.2) is 47.6 Å². The normalized spacial score (nSPS) is 22.2. The van der Waals surface area contributed by atoms with Crippen LogP contribution in [0, 0.1) is 0 Å². The van der Waals surface area contributed by atoms with E-state index in [4.69, 9.17) is 4.74 Å². The molecule has 3 rings (SSSR count). The standard InChI is InChI=1S/C13H12OS3/c1-2-14-13-9-11-8-12(15-17(11)16-13)10-6-4-3-5-7-10/h3-9H,2H2,1H3. The molecule has 0 aliphatic carbocycles. The van der Waals surface area contributed by atoms with E-state index < -0.39 is 0 Å². The van der Waals surface area contributed by atoms with Gasteiger partial charge in [-0.25, -0.2) is 0 Å². The van der Waals surface area contributed by atoms with Crippen molar-refractivity contribution in [2.75, 3.05) is 6.61 Å². The summed E-state index contributed by atoms with van der Waals surface area (Å²) in [4.78, 5) is 2.78. The van der Waals surface area contributed by atoms with Crippen molar-refractivity contribution < 1.29 is 4.74 Å². The van der Waals surface area contributed by atoms with E-state index in [1.165, 1.54) is 15.3 Å². The molecule has 0 aromatic heterocycles. The Kier molecular flexibility index (Phi) is 3.36. The summed E-state index contributed by atoms with van der Waals surface area (Å²) < 4.78 is 5.55. The quantitative estimate of drug-likeness (QED) is 0.588. The molecule has 88 valence electrons. The van der Waals surface area contributed by atoms with E-state index >= 15 is 0 Å². The molecule has 0 bridgehead atoms. The largest absolute Gasteiger partial charge is 0.487 e. The molecule has 1 aromatic carbocycles. The minimum absolute atomic E-state index is 0.210. The third kappa shape index (κ3) is 2.34. The molecular formula is C13H12OS3. The topological polar surface area (TPSA) is 9.23 Å². The molecule has 2 aliphatic heterocycles. The minimum atomic E-state index is 0.210. The van der Waals surface area contributed by atoms with E-state index in [1.807, 2.05) is 28.5 Å². The van der Waals surface area contributed by atoms with Crippen LogP contribution in [0.3, 0.4) is 0 Å². The van der Waals surface area contributed by atoms with E-state index in [9.17, 15) is 0 Å². The van der Waals surface area contributed by atoms with Crippen molar-refractivity contribution in [2.45, 2.75) is 6.92 Å². The lowest BCUT2D eigenvalue weighted by Crippen LogP contribution is -1.86. The maximum atomic E-state index is 5.55. The average molecular weight is 280 g/mol. The highest BCUT2D eigenvalue weighted by molar-refractivity contribution is 9.18. The smallest absolute Gasteiger partial charge is 0.165 e. The summed E-state index contributed by atoms with van der Waals surface area (Å²) in [5.41, 5.74) is 1.32. The van der Waals surface area contributed by atoms with Crippen molar-refractivity contribution in [3.8, 4) is 0 Å². The van der Waals surface area contributed by atoms with Gasteiger partial charge in [-0.2, -0.15) is 0 Å². The van der Waals surface area contributed by atoms with Gasteiger partial charge in [0.05, 0.1) is 6.61 Å². The number of benzene rings is 1. The Morgan fingerprint density at radius 3 is 2.65 bits per heavy atom. The van der Waals surface area contributed by atoms with Crippen molar-refractivity contribution >= 4 is 39.9 Å². The molecule has 0 spiro atoms. The zero-order valence-corrected chi connectivity index (χ0v) is 11.8. The average Bonchev–Trinajstić information content (AvgIpc) is 2.88. The van der Waals surface area contributed by atoms with Crippen LogP contribution in [0.1, 0.15) is 12.5 Å². The summed E-state index contributed by atoms with van der Waals surface area (Å²) in [5, 5.41) is 1.07. The van der Waals surface area contributed by atoms with E-state index in [0.29, 0.717) is 0 Å². The Bertz CT molecular complexity index is 529. The lowest BCUT2D eigenvalue weighted by molar-refractivity contribution is 0.259. The van der Waals surface area contributed by atoms with E-state index in [1.54, 1.807) is 0 Å². The second kappa shape index (κ2) is 4.96. The molecule has 0 saturated heterocycles. The summed E-state index contributed by atoms with van der Waals surface area (Å²) in [6, 6.07) is 10.6. The van der Waals surface area contributed by atoms with Gasteiger partial charge < -0.3 is 4.74 Å². The highest BCUT2D eigenvalue weighted by atomic mass is 33.5. The van der Waals surface area contributed by atoms with Crippen LogP contribution in [-0.2, 0) is 4.74 Å². The van der Waals surface area contributed by atoms with Crippen LogP contribution in [0.4, 0.5) is 0 Å². The van der Waals surface area contributed by atoms with Gasteiger partial charge in [0.2, 0.25) is 0 Å². The number of rotatable bonds is 3. The predicted octanol–water partition coefficient (Wildman–Crippen LogP) is 4.67. The third-order valence-corrected chi connectivity index (χ3v) is 8.57. The van der Waals surface area contributed by atoms with Gasteiger partial charge in [-0.15, -0.1) is 0 Å². The first-order valence-corrected chi connectivity index (χ1v) is 9.35.